The summed E-state index contributed by atoms with van der Waals surface area (Å²) in [6.45, 7) is 2.87. The van der Waals surface area contributed by atoms with Crippen LogP contribution >= 0.6 is 0 Å². The van der Waals surface area contributed by atoms with Gasteiger partial charge >= 0.3 is 5.97 Å². The zero-order valence-electron chi connectivity index (χ0n) is 6.88. The molecule has 0 saturated heterocycles. The molecule has 0 N–H and O–H groups in total. The molecule has 0 spiro atoms. The Morgan fingerprint density at radius 1 is 1.64 bits per heavy atom. The number of esters is 1. The quantitative estimate of drug-likeness (QED) is 0.446. The van der Waals surface area contributed by atoms with Crippen molar-refractivity contribution in [3.8, 4) is 6.07 Å². The van der Waals surface area contributed by atoms with Crippen LogP contribution in [-0.4, -0.2) is 19.9 Å². The fourth-order valence-corrected chi connectivity index (χ4v) is 0.339. The third kappa shape index (κ3) is 3.01. The Morgan fingerprint density at radius 3 is 2.55 bits per heavy atom. The van der Waals surface area contributed by atoms with Crippen LogP contribution in [-0.2, 0) is 14.3 Å². The van der Waals surface area contributed by atoms with E-state index in [2.05, 4.69) is 9.47 Å². The van der Waals surface area contributed by atoms with Gasteiger partial charge in [-0.25, -0.2) is 0 Å². The predicted octanol–water partition coefficient (Wildman–Crippen LogP) is 0.683. The Kier molecular flexibility index (Phi) is 3.55. The summed E-state index contributed by atoms with van der Waals surface area (Å²) in [5.74, 6) is -0.568. The lowest BCUT2D eigenvalue weighted by atomic mass is 9.97. The van der Waals surface area contributed by atoms with Crippen LogP contribution in [0.2, 0.25) is 0 Å². The second-order valence-electron chi connectivity index (χ2n) is 2.58. The maximum atomic E-state index is 10.9. The van der Waals surface area contributed by atoms with Gasteiger partial charge in [0, 0.05) is 7.11 Å². The van der Waals surface area contributed by atoms with Gasteiger partial charge in [0.2, 0.25) is 0 Å². The van der Waals surface area contributed by atoms with Crippen LogP contribution in [0.4, 0.5) is 0 Å². The lowest BCUT2D eigenvalue weighted by Crippen LogP contribution is -2.25. The van der Waals surface area contributed by atoms with Crippen molar-refractivity contribution >= 4 is 5.97 Å². The summed E-state index contributed by atoms with van der Waals surface area (Å²) in [6.07, 6.45) is 0. The van der Waals surface area contributed by atoms with Gasteiger partial charge in [-0.05, 0) is 13.8 Å². The molecule has 0 aliphatic rings. The Balaban J connectivity index is 3.95. The summed E-state index contributed by atoms with van der Waals surface area (Å²) in [7, 11) is 1.41. The highest BCUT2D eigenvalue weighted by molar-refractivity contribution is 5.78. The first-order valence-corrected chi connectivity index (χ1v) is 3.12. The molecule has 0 saturated carbocycles. The van der Waals surface area contributed by atoms with Crippen LogP contribution in [0.3, 0.4) is 0 Å². The maximum absolute atomic E-state index is 10.9. The van der Waals surface area contributed by atoms with Crippen molar-refractivity contribution in [3.63, 3.8) is 0 Å². The van der Waals surface area contributed by atoms with Gasteiger partial charge in [0.1, 0.15) is 5.41 Å². The predicted molar refractivity (Wildman–Crippen MR) is 37.4 cm³/mol. The highest BCUT2D eigenvalue weighted by Crippen LogP contribution is 2.14. The second-order valence-corrected chi connectivity index (χ2v) is 2.58. The highest BCUT2D eigenvalue weighted by atomic mass is 16.7. The van der Waals surface area contributed by atoms with E-state index in [1.807, 2.05) is 6.07 Å². The summed E-state index contributed by atoms with van der Waals surface area (Å²) in [5, 5.41) is 8.47. The molecule has 0 amide bonds. The molecule has 0 bridgehead atoms. The van der Waals surface area contributed by atoms with Gasteiger partial charge in [0.25, 0.3) is 0 Å². The first kappa shape index (κ1) is 9.92. The van der Waals surface area contributed by atoms with E-state index in [9.17, 15) is 4.79 Å². The van der Waals surface area contributed by atoms with E-state index >= 15 is 0 Å². The molecule has 0 aliphatic heterocycles. The van der Waals surface area contributed by atoms with Crippen molar-refractivity contribution in [1.82, 2.24) is 0 Å². The number of nitrogens with zero attached hydrogens (tertiary/aromatic N) is 1. The van der Waals surface area contributed by atoms with Crippen molar-refractivity contribution in [2.75, 3.05) is 13.9 Å². The average Bonchev–Trinajstić information content (AvgIpc) is 2.00. The lowest BCUT2D eigenvalue weighted by molar-refractivity contribution is -0.161. The molecule has 0 radical (unpaired) electrons. The molecule has 0 aliphatic carbocycles. The molecule has 4 heteroatoms. The van der Waals surface area contributed by atoms with Gasteiger partial charge in [-0.15, -0.1) is 0 Å². The van der Waals surface area contributed by atoms with Crippen molar-refractivity contribution in [3.05, 3.63) is 0 Å². The van der Waals surface area contributed by atoms with Crippen LogP contribution in [0.15, 0.2) is 0 Å². The van der Waals surface area contributed by atoms with Gasteiger partial charge in [0.05, 0.1) is 6.07 Å². The molecule has 0 aromatic rings. The Hall–Kier alpha value is -1.08. The van der Waals surface area contributed by atoms with Crippen molar-refractivity contribution in [2.24, 2.45) is 5.41 Å². The number of rotatable bonds is 3. The van der Waals surface area contributed by atoms with Gasteiger partial charge < -0.3 is 9.47 Å². The van der Waals surface area contributed by atoms with Gasteiger partial charge in [-0.3, -0.25) is 4.79 Å². The summed E-state index contributed by atoms with van der Waals surface area (Å²) in [5.41, 5.74) is -1.08. The van der Waals surface area contributed by atoms with E-state index in [1.54, 1.807) is 0 Å². The lowest BCUT2D eigenvalue weighted by Gasteiger charge is -2.12. The SMILES string of the molecule is COCOC(=O)C(C)(C)C#N. The molecule has 62 valence electrons. The van der Waals surface area contributed by atoms with Crippen molar-refractivity contribution in [1.29, 1.82) is 5.26 Å². The Morgan fingerprint density at radius 2 is 2.18 bits per heavy atom. The molecule has 0 aromatic carbocycles. The molecule has 0 unspecified atom stereocenters. The Bertz CT molecular complexity index is 181. The van der Waals surface area contributed by atoms with Gasteiger partial charge in [0.15, 0.2) is 6.79 Å². The normalized spacial score (nSPS) is 10.4. The van der Waals surface area contributed by atoms with E-state index in [-0.39, 0.29) is 6.79 Å². The van der Waals surface area contributed by atoms with E-state index in [0.29, 0.717) is 0 Å². The molecule has 0 atom stereocenters. The first-order valence-electron chi connectivity index (χ1n) is 3.12. The molecule has 4 nitrogen and oxygen atoms in total. The second kappa shape index (κ2) is 3.94. The molecule has 0 fully saturated rings. The minimum atomic E-state index is -1.08. The number of carbonyl (C=O) groups excluding carboxylic acids is 1. The van der Waals surface area contributed by atoms with E-state index in [0.717, 1.165) is 0 Å². The third-order valence-corrected chi connectivity index (χ3v) is 1.10. The standard InChI is InChI=1S/C7H11NO3/c1-7(2,4-8)6(9)11-5-10-3/h5H2,1-3H3. The van der Waals surface area contributed by atoms with E-state index in [4.69, 9.17) is 5.26 Å². The maximum Gasteiger partial charge on any atom is 0.328 e. The zero-order chi connectivity index (χ0) is 8.91. The summed E-state index contributed by atoms with van der Waals surface area (Å²) in [6, 6.07) is 1.82. The molecule has 0 rings (SSSR count). The molecule has 11 heavy (non-hydrogen) atoms. The number of carbonyl (C=O) groups is 1. The third-order valence-electron chi connectivity index (χ3n) is 1.10. The largest absolute Gasteiger partial charge is 0.437 e. The number of nitriles is 1. The number of ether oxygens (including phenoxy) is 2. The molecule has 0 aromatic heterocycles. The van der Waals surface area contributed by atoms with Crippen LogP contribution < -0.4 is 0 Å². The van der Waals surface area contributed by atoms with Gasteiger partial charge in [-0.2, -0.15) is 5.26 Å². The topological polar surface area (TPSA) is 59.3 Å². The summed E-state index contributed by atoms with van der Waals surface area (Å²) < 4.78 is 9.06. The van der Waals surface area contributed by atoms with E-state index < -0.39 is 11.4 Å². The van der Waals surface area contributed by atoms with Crippen LogP contribution in [0, 0.1) is 16.7 Å². The smallest absolute Gasteiger partial charge is 0.328 e. The highest BCUT2D eigenvalue weighted by Gasteiger charge is 2.28. The minimum absolute atomic E-state index is 0.107. The molecule has 0 heterocycles. The number of hydrogen-bond acceptors (Lipinski definition) is 4. The Labute approximate surface area is 65.7 Å². The summed E-state index contributed by atoms with van der Waals surface area (Å²) >= 11 is 0. The number of hydrogen-bond donors (Lipinski definition) is 0. The van der Waals surface area contributed by atoms with E-state index in [1.165, 1.54) is 21.0 Å². The first-order chi connectivity index (χ1) is 5.04. The average molecular weight is 157 g/mol. The monoisotopic (exact) mass is 157 g/mol. The minimum Gasteiger partial charge on any atom is -0.437 e. The molecular formula is C7H11NO3. The molecular weight excluding hydrogens is 146 g/mol. The van der Waals surface area contributed by atoms with Crippen molar-refractivity contribution in [2.45, 2.75) is 13.8 Å². The fourth-order valence-electron chi connectivity index (χ4n) is 0.339. The van der Waals surface area contributed by atoms with Crippen LogP contribution in [0.1, 0.15) is 13.8 Å². The number of methoxy groups -OCH3 is 1. The van der Waals surface area contributed by atoms with Crippen LogP contribution in [0.25, 0.3) is 0 Å². The fraction of sp³-hybridized carbons (Fsp3) is 0.714. The zero-order valence-corrected chi connectivity index (χ0v) is 6.88. The van der Waals surface area contributed by atoms with Crippen LogP contribution in [0.5, 0.6) is 0 Å². The van der Waals surface area contributed by atoms with Gasteiger partial charge in [-0.1, -0.05) is 0 Å². The summed E-state index contributed by atoms with van der Waals surface area (Å²) in [4.78, 5) is 10.9. The van der Waals surface area contributed by atoms with Crippen molar-refractivity contribution < 1.29 is 14.3 Å².